The second kappa shape index (κ2) is 5.43. The van der Waals surface area contributed by atoms with E-state index in [9.17, 15) is 4.79 Å². The topological polar surface area (TPSA) is 64.4 Å². The Hall–Kier alpha value is -1.39. The summed E-state index contributed by atoms with van der Waals surface area (Å²) in [5.41, 5.74) is 6.06. The summed E-state index contributed by atoms with van der Waals surface area (Å²) in [5, 5.41) is 3.53. The van der Waals surface area contributed by atoms with E-state index in [0.717, 1.165) is 5.56 Å². The normalized spacial score (nSPS) is 22.5. The van der Waals surface area contributed by atoms with Crippen LogP contribution in [0.5, 0.6) is 0 Å². The molecule has 3 N–H and O–H groups in total. The Kier molecular flexibility index (Phi) is 4.13. The molecule has 0 aromatic heterocycles. The number of hydrogen-bond acceptors (Lipinski definition) is 4. The number of hydrogen-bond donors (Lipinski definition) is 2. The first-order valence-corrected chi connectivity index (χ1v) is 7.41. The first-order valence-electron chi connectivity index (χ1n) is 7.41. The lowest BCUT2D eigenvalue weighted by atomic mass is 9.71. The van der Waals surface area contributed by atoms with Crippen molar-refractivity contribution in [1.82, 2.24) is 5.32 Å². The van der Waals surface area contributed by atoms with Gasteiger partial charge in [0.1, 0.15) is 12.1 Å². The second-order valence-electron chi connectivity index (χ2n) is 7.46. The van der Waals surface area contributed by atoms with Crippen molar-refractivity contribution >= 4 is 5.97 Å². The molecule has 1 aliphatic rings. The zero-order chi connectivity index (χ0) is 15.7. The van der Waals surface area contributed by atoms with Gasteiger partial charge in [-0.15, -0.1) is 0 Å². The highest BCUT2D eigenvalue weighted by molar-refractivity contribution is 5.81. The molecule has 0 saturated carbocycles. The molecule has 1 aromatic carbocycles. The fourth-order valence-corrected chi connectivity index (χ4v) is 3.66. The van der Waals surface area contributed by atoms with Crippen LogP contribution in [0.15, 0.2) is 30.3 Å². The molecule has 0 unspecified atom stereocenters. The molecule has 1 aromatic rings. The van der Waals surface area contributed by atoms with Crippen LogP contribution in [-0.4, -0.2) is 22.6 Å². The third-order valence-corrected chi connectivity index (χ3v) is 3.81. The van der Waals surface area contributed by atoms with Crippen molar-refractivity contribution in [2.75, 3.05) is 0 Å². The number of carbonyl (C=O) groups is 1. The maximum atomic E-state index is 12.5. The number of ether oxygens (including phenoxy) is 1. The standard InChI is InChI=1S/C17H26N2O2/c1-15(2)11-17(18,12-16(3,4)19-15)14(20)21-10-13-8-6-5-7-9-13/h5-9,19H,10-12,18H2,1-4H3. The number of carbonyl (C=O) groups excluding carboxylic acids is 1. The fourth-order valence-electron chi connectivity index (χ4n) is 3.66. The summed E-state index contributed by atoms with van der Waals surface area (Å²) in [4.78, 5) is 12.5. The van der Waals surface area contributed by atoms with Crippen molar-refractivity contribution in [2.45, 2.75) is 63.8 Å². The minimum atomic E-state index is -0.937. The van der Waals surface area contributed by atoms with Gasteiger partial charge >= 0.3 is 5.97 Å². The van der Waals surface area contributed by atoms with E-state index in [4.69, 9.17) is 10.5 Å². The second-order valence-corrected chi connectivity index (χ2v) is 7.46. The van der Waals surface area contributed by atoms with Crippen LogP contribution in [-0.2, 0) is 16.1 Å². The molecule has 1 fully saturated rings. The van der Waals surface area contributed by atoms with Gasteiger partial charge in [0, 0.05) is 11.1 Å². The molecule has 1 heterocycles. The molecule has 0 atom stereocenters. The number of nitrogens with two attached hydrogens (primary N) is 1. The fraction of sp³-hybridized carbons (Fsp3) is 0.588. The highest BCUT2D eigenvalue weighted by atomic mass is 16.5. The summed E-state index contributed by atoms with van der Waals surface area (Å²) in [7, 11) is 0. The van der Waals surface area contributed by atoms with Crippen molar-refractivity contribution in [1.29, 1.82) is 0 Å². The Morgan fingerprint density at radius 1 is 1.14 bits per heavy atom. The molecule has 0 radical (unpaired) electrons. The van der Waals surface area contributed by atoms with Gasteiger partial charge in [-0.1, -0.05) is 30.3 Å². The predicted octanol–water partition coefficient (Wildman–Crippen LogP) is 2.37. The van der Waals surface area contributed by atoms with Crippen LogP contribution in [0.2, 0.25) is 0 Å². The van der Waals surface area contributed by atoms with E-state index >= 15 is 0 Å². The summed E-state index contributed by atoms with van der Waals surface area (Å²) in [6.45, 7) is 8.55. The molecule has 116 valence electrons. The zero-order valence-corrected chi connectivity index (χ0v) is 13.4. The summed E-state index contributed by atoms with van der Waals surface area (Å²) >= 11 is 0. The van der Waals surface area contributed by atoms with Crippen LogP contribution in [0, 0.1) is 0 Å². The van der Waals surface area contributed by atoms with Crippen molar-refractivity contribution in [3.8, 4) is 0 Å². The van der Waals surface area contributed by atoms with Gasteiger partial charge in [0.15, 0.2) is 0 Å². The van der Waals surface area contributed by atoms with Gasteiger partial charge in [-0.2, -0.15) is 0 Å². The van der Waals surface area contributed by atoms with Gasteiger partial charge < -0.3 is 15.8 Å². The molecule has 2 rings (SSSR count). The third-order valence-electron chi connectivity index (χ3n) is 3.81. The highest BCUT2D eigenvalue weighted by Gasteiger charge is 2.50. The average Bonchev–Trinajstić information content (AvgIpc) is 2.32. The van der Waals surface area contributed by atoms with Gasteiger partial charge in [0.05, 0.1) is 0 Å². The lowest BCUT2D eigenvalue weighted by Crippen LogP contribution is -2.69. The highest BCUT2D eigenvalue weighted by Crippen LogP contribution is 2.35. The lowest BCUT2D eigenvalue weighted by molar-refractivity contribution is -0.155. The Bertz CT molecular complexity index is 493. The predicted molar refractivity (Wildman–Crippen MR) is 83.7 cm³/mol. The minimum absolute atomic E-state index is 0.192. The van der Waals surface area contributed by atoms with Crippen LogP contribution in [0.3, 0.4) is 0 Å². The first-order chi connectivity index (χ1) is 9.62. The molecular formula is C17H26N2O2. The molecule has 0 spiro atoms. The van der Waals surface area contributed by atoms with E-state index in [2.05, 4.69) is 33.0 Å². The van der Waals surface area contributed by atoms with Crippen LogP contribution in [0.4, 0.5) is 0 Å². The number of esters is 1. The van der Waals surface area contributed by atoms with Crippen LogP contribution in [0.1, 0.15) is 46.1 Å². The van der Waals surface area contributed by atoms with E-state index in [1.165, 1.54) is 0 Å². The SMILES string of the molecule is CC1(C)CC(N)(C(=O)OCc2ccccc2)CC(C)(C)N1. The molecule has 0 amide bonds. The average molecular weight is 290 g/mol. The summed E-state index contributed by atoms with van der Waals surface area (Å²) in [6, 6.07) is 9.67. The molecule has 21 heavy (non-hydrogen) atoms. The van der Waals surface area contributed by atoms with Gasteiger partial charge in [-0.3, -0.25) is 4.79 Å². The molecule has 0 aliphatic carbocycles. The summed E-state index contributed by atoms with van der Waals surface area (Å²) in [5.74, 6) is -0.311. The van der Waals surface area contributed by atoms with Gasteiger partial charge in [-0.05, 0) is 46.1 Å². The smallest absolute Gasteiger partial charge is 0.326 e. The molecule has 4 nitrogen and oxygen atoms in total. The van der Waals surface area contributed by atoms with Crippen LogP contribution >= 0.6 is 0 Å². The van der Waals surface area contributed by atoms with E-state index in [0.29, 0.717) is 12.8 Å². The quantitative estimate of drug-likeness (QED) is 0.839. The van der Waals surface area contributed by atoms with E-state index in [1.54, 1.807) is 0 Å². The molecular weight excluding hydrogens is 264 g/mol. The molecule has 1 saturated heterocycles. The zero-order valence-electron chi connectivity index (χ0n) is 13.4. The van der Waals surface area contributed by atoms with Crippen LogP contribution in [0.25, 0.3) is 0 Å². The maximum Gasteiger partial charge on any atom is 0.326 e. The van der Waals surface area contributed by atoms with Gasteiger partial charge in [-0.25, -0.2) is 0 Å². The largest absolute Gasteiger partial charge is 0.459 e. The number of rotatable bonds is 3. The number of nitrogens with one attached hydrogen (secondary N) is 1. The van der Waals surface area contributed by atoms with Crippen molar-refractivity contribution in [2.24, 2.45) is 5.73 Å². The van der Waals surface area contributed by atoms with Gasteiger partial charge in [0.2, 0.25) is 0 Å². The van der Waals surface area contributed by atoms with Crippen molar-refractivity contribution in [3.05, 3.63) is 35.9 Å². The number of benzene rings is 1. The Morgan fingerprint density at radius 2 is 1.67 bits per heavy atom. The monoisotopic (exact) mass is 290 g/mol. The van der Waals surface area contributed by atoms with Crippen molar-refractivity contribution < 1.29 is 9.53 Å². The van der Waals surface area contributed by atoms with Crippen LogP contribution < -0.4 is 11.1 Å². The third kappa shape index (κ3) is 4.05. The molecule has 4 heteroatoms. The maximum absolute atomic E-state index is 12.5. The molecule has 0 bridgehead atoms. The van der Waals surface area contributed by atoms with E-state index < -0.39 is 5.54 Å². The summed E-state index contributed by atoms with van der Waals surface area (Å²) < 4.78 is 5.47. The Morgan fingerprint density at radius 3 is 2.19 bits per heavy atom. The first kappa shape index (κ1) is 16.0. The molecule has 1 aliphatic heterocycles. The minimum Gasteiger partial charge on any atom is -0.459 e. The lowest BCUT2D eigenvalue weighted by Gasteiger charge is -2.50. The van der Waals surface area contributed by atoms with Crippen molar-refractivity contribution in [3.63, 3.8) is 0 Å². The number of piperidine rings is 1. The van der Waals surface area contributed by atoms with E-state index in [1.807, 2.05) is 30.3 Å². The Labute approximate surface area is 127 Å². The van der Waals surface area contributed by atoms with Gasteiger partial charge in [0.25, 0.3) is 0 Å². The van der Waals surface area contributed by atoms with E-state index in [-0.39, 0.29) is 23.7 Å². The summed E-state index contributed by atoms with van der Waals surface area (Å²) in [6.07, 6.45) is 1.13. The Balaban J connectivity index is 2.06.